The molecule has 0 aliphatic carbocycles. The first-order chi connectivity index (χ1) is 7.99. The highest BCUT2D eigenvalue weighted by Crippen LogP contribution is 2.30. The maximum atomic E-state index is 10.9. The summed E-state index contributed by atoms with van der Waals surface area (Å²) in [6.45, 7) is 3.75. The number of hydrogen-bond donors (Lipinski definition) is 1. The van der Waals surface area contributed by atoms with Gasteiger partial charge in [-0.3, -0.25) is 4.79 Å². The van der Waals surface area contributed by atoms with Gasteiger partial charge in [0.15, 0.2) is 0 Å². The lowest BCUT2D eigenvalue weighted by molar-refractivity contribution is -0.141. The lowest BCUT2D eigenvalue weighted by Gasteiger charge is -2.15. The van der Waals surface area contributed by atoms with Crippen LogP contribution in [-0.4, -0.2) is 18.2 Å². The third-order valence-electron chi connectivity index (χ3n) is 2.74. The lowest BCUT2D eigenvalue weighted by Crippen LogP contribution is -2.13. The van der Waals surface area contributed by atoms with Crippen molar-refractivity contribution < 1.29 is 14.6 Å². The number of halogens is 1. The monoisotopic (exact) mass is 300 g/mol. The maximum Gasteiger partial charge on any atom is 0.306 e. The summed E-state index contributed by atoms with van der Waals surface area (Å²) in [5.74, 6) is -0.392. The number of carboxylic acid groups (broad SMARTS) is 1. The van der Waals surface area contributed by atoms with Crippen LogP contribution in [0.2, 0.25) is 0 Å². The second-order valence-electron chi connectivity index (χ2n) is 4.05. The van der Waals surface area contributed by atoms with Gasteiger partial charge in [0, 0.05) is 4.47 Å². The van der Waals surface area contributed by atoms with E-state index in [1.54, 1.807) is 14.0 Å². The second kappa shape index (κ2) is 6.05. The fraction of sp³-hybridized carbons (Fsp3) is 0.462. The summed E-state index contributed by atoms with van der Waals surface area (Å²) in [4.78, 5) is 10.9. The van der Waals surface area contributed by atoms with Crippen molar-refractivity contribution in [2.24, 2.45) is 5.92 Å². The summed E-state index contributed by atoms with van der Waals surface area (Å²) in [5, 5.41) is 8.95. The highest BCUT2D eigenvalue weighted by molar-refractivity contribution is 9.10. The molecule has 3 nitrogen and oxygen atoms in total. The van der Waals surface area contributed by atoms with E-state index in [0.717, 1.165) is 27.8 Å². The van der Waals surface area contributed by atoms with E-state index in [-0.39, 0.29) is 0 Å². The number of aryl methyl sites for hydroxylation is 1. The number of ether oxygens (including phenoxy) is 1. The Bertz CT molecular complexity index is 415. The average molecular weight is 301 g/mol. The normalized spacial score (nSPS) is 12.2. The van der Waals surface area contributed by atoms with Gasteiger partial charge in [-0.25, -0.2) is 0 Å². The first-order valence-corrected chi connectivity index (χ1v) is 6.37. The summed E-state index contributed by atoms with van der Waals surface area (Å²) in [6.07, 6.45) is 1.34. The Morgan fingerprint density at radius 3 is 2.53 bits per heavy atom. The van der Waals surface area contributed by atoms with Crippen molar-refractivity contribution in [2.75, 3.05) is 7.11 Å². The van der Waals surface area contributed by atoms with Crippen molar-refractivity contribution in [3.8, 4) is 5.75 Å². The topological polar surface area (TPSA) is 46.5 Å². The molecule has 0 heterocycles. The molecule has 1 aromatic rings. The van der Waals surface area contributed by atoms with Crippen LogP contribution in [0.5, 0.6) is 5.75 Å². The van der Waals surface area contributed by atoms with E-state index in [1.807, 2.05) is 12.1 Å². The van der Waals surface area contributed by atoms with Crippen LogP contribution in [0.15, 0.2) is 16.6 Å². The predicted octanol–water partition coefficient (Wildman–Crippen LogP) is 3.28. The highest BCUT2D eigenvalue weighted by atomic mass is 79.9. The number of rotatable bonds is 5. The van der Waals surface area contributed by atoms with Gasteiger partial charge in [-0.05, 0) is 36.1 Å². The molecule has 0 saturated carbocycles. The summed E-state index contributed by atoms with van der Waals surface area (Å²) in [7, 11) is 1.62. The zero-order valence-corrected chi connectivity index (χ0v) is 11.9. The molecule has 0 fully saturated rings. The minimum absolute atomic E-state index is 0.414. The zero-order chi connectivity index (χ0) is 13.0. The van der Waals surface area contributed by atoms with Crippen molar-refractivity contribution in [1.82, 2.24) is 0 Å². The van der Waals surface area contributed by atoms with Crippen LogP contribution in [0, 0.1) is 5.92 Å². The van der Waals surface area contributed by atoms with E-state index in [0.29, 0.717) is 6.42 Å². The van der Waals surface area contributed by atoms with Crippen molar-refractivity contribution >= 4 is 21.9 Å². The van der Waals surface area contributed by atoms with Gasteiger partial charge in [0.05, 0.1) is 13.0 Å². The lowest BCUT2D eigenvalue weighted by atomic mass is 9.97. The molecular formula is C13H17BrO3. The van der Waals surface area contributed by atoms with Gasteiger partial charge in [-0.2, -0.15) is 0 Å². The third kappa shape index (κ3) is 3.46. The number of carboxylic acids is 1. The van der Waals surface area contributed by atoms with E-state index in [9.17, 15) is 4.79 Å². The van der Waals surface area contributed by atoms with Crippen molar-refractivity contribution in [1.29, 1.82) is 0 Å². The second-order valence-corrected chi connectivity index (χ2v) is 4.97. The summed E-state index contributed by atoms with van der Waals surface area (Å²) < 4.78 is 6.35. The number of hydrogen-bond acceptors (Lipinski definition) is 2. The Morgan fingerprint density at radius 2 is 2.06 bits per heavy atom. The quantitative estimate of drug-likeness (QED) is 0.908. The minimum Gasteiger partial charge on any atom is -0.496 e. The molecule has 1 N–H and O–H groups in total. The Balaban J connectivity index is 3.12. The fourth-order valence-electron chi connectivity index (χ4n) is 1.81. The maximum absolute atomic E-state index is 10.9. The van der Waals surface area contributed by atoms with Gasteiger partial charge in [0.2, 0.25) is 0 Å². The fourth-order valence-corrected chi connectivity index (χ4v) is 2.36. The van der Waals surface area contributed by atoms with Crippen LogP contribution in [0.1, 0.15) is 25.0 Å². The molecule has 1 aromatic carbocycles. The molecule has 0 spiro atoms. The van der Waals surface area contributed by atoms with E-state index < -0.39 is 11.9 Å². The molecule has 0 saturated heterocycles. The molecular weight excluding hydrogens is 284 g/mol. The molecule has 0 bridgehead atoms. The summed E-state index contributed by atoms with van der Waals surface area (Å²) >= 11 is 3.44. The molecule has 0 aliphatic rings. The number of aliphatic carboxylic acids is 1. The molecule has 1 rings (SSSR count). The molecule has 0 amide bonds. The van der Waals surface area contributed by atoms with Gasteiger partial charge in [-0.15, -0.1) is 0 Å². The Morgan fingerprint density at radius 1 is 1.47 bits per heavy atom. The highest BCUT2D eigenvalue weighted by Gasteiger charge is 2.17. The Hall–Kier alpha value is -1.03. The van der Waals surface area contributed by atoms with Gasteiger partial charge >= 0.3 is 5.97 Å². The first kappa shape index (κ1) is 14.0. The summed E-state index contributed by atoms with van der Waals surface area (Å²) in [6, 6.07) is 3.94. The molecule has 17 heavy (non-hydrogen) atoms. The molecule has 94 valence electrons. The van der Waals surface area contributed by atoms with Crippen LogP contribution >= 0.6 is 15.9 Å². The van der Waals surface area contributed by atoms with E-state index in [1.165, 1.54) is 0 Å². The Labute approximate surface area is 110 Å². The van der Waals surface area contributed by atoms with Crippen LogP contribution in [-0.2, 0) is 17.6 Å². The van der Waals surface area contributed by atoms with E-state index in [4.69, 9.17) is 9.84 Å². The number of carbonyl (C=O) groups is 1. The van der Waals surface area contributed by atoms with Crippen molar-refractivity contribution in [3.63, 3.8) is 0 Å². The SMILES string of the molecule is CCc1cc(Br)cc(CC(C)C(=O)O)c1OC. The van der Waals surface area contributed by atoms with Gasteiger partial charge in [0.1, 0.15) is 5.75 Å². The van der Waals surface area contributed by atoms with E-state index >= 15 is 0 Å². The molecule has 0 aromatic heterocycles. The van der Waals surface area contributed by atoms with Crippen LogP contribution in [0.3, 0.4) is 0 Å². The van der Waals surface area contributed by atoms with Crippen LogP contribution < -0.4 is 4.74 Å². The number of methoxy groups -OCH3 is 1. The first-order valence-electron chi connectivity index (χ1n) is 5.57. The molecule has 0 aliphatic heterocycles. The standard InChI is InChI=1S/C13H17BrO3/c1-4-9-6-11(14)7-10(12(9)17-3)5-8(2)13(15)16/h6-8H,4-5H2,1-3H3,(H,15,16). The zero-order valence-electron chi connectivity index (χ0n) is 10.3. The molecule has 0 radical (unpaired) electrons. The predicted molar refractivity (Wildman–Crippen MR) is 70.6 cm³/mol. The molecule has 1 atom stereocenters. The summed E-state index contributed by atoms with van der Waals surface area (Å²) in [5.41, 5.74) is 2.03. The van der Waals surface area contributed by atoms with Crippen molar-refractivity contribution in [3.05, 3.63) is 27.7 Å². The minimum atomic E-state index is -0.787. The van der Waals surface area contributed by atoms with Crippen LogP contribution in [0.25, 0.3) is 0 Å². The van der Waals surface area contributed by atoms with Gasteiger partial charge in [0.25, 0.3) is 0 Å². The van der Waals surface area contributed by atoms with Gasteiger partial charge in [-0.1, -0.05) is 29.8 Å². The largest absolute Gasteiger partial charge is 0.496 e. The molecule has 1 unspecified atom stereocenters. The molecule has 4 heteroatoms. The smallest absolute Gasteiger partial charge is 0.306 e. The number of benzene rings is 1. The Kier molecular flexibility index (Phi) is 5.00. The van der Waals surface area contributed by atoms with E-state index in [2.05, 4.69) is 22.9 Å². The van der Waals surface area contributed by atoms with Crippen LogP contribution in [0.4, 0.5) is 0 Å². The van der Waals surface area contributed by atoms with Gasteiger partial charge < -0.3 is 9.84 Å². The van der Waals surface area contributed by atoms with Crippen molar-refractivity contribution in [2.45, 2.75) is 26.7 Å². The average Bonchev–Trinajstić information content (AvgIpc) is 2.27. The third-order valence-corrected chi connectivity index (χ3v) is 3.20.